The first kappa shape index (κ1) is 17.7. The maximum absolute atomic E-state index is 9.86. The van der Waals surface area contributed by atoms with Crippen LogP contribution < -0.4 is 0 Å². The highest BCUT2D eigenvalue weighted by atomic mass is 35.5. The van der Waals surface area contributed by atoms with E-state index in [-0.39, 0.29) is 0 Å². The Morgan fingerprint density at radius 2 is 1.67 bits per heavy atom. The first-order valence-corrected chi connectivity index (χ1v) is 9.03. The molecule has 0 spiro atoms. The van der Waals surface area contributed by atoms with Gasteiger partial charge in [-0.05, 0) is 6.92 Å². The van der Waals surface area contributed by atoms with E-state index in [0.717, 1.165) is 5.69 Å². The molecule has 0 fully saturated rings. The highest BCUT2D eigenvalue weighted by Crippen LogP contribution is 2.13. The van der Waals surface area contributed by atoms with Crippen LogP contribution >= 0.6 is 22.9 Å². The largest absolute Gasteiger partial charge is 0.286 e. The van der Waals surface area contributed by atoms with Crippen molar-refractivity contribution in [1.82, 2.24) is 4.98 Å². The number of thiazole rings is 1. The van der Waals surface area contributed by atoms with Crippen LogP contribution in [0.4, 0.5) is 0 Å². The van der Waals surface area contributed by atoms with Crippen LogP contribution in [0.1, 0.15) is 10.6 Å². The SMILES string of the molecule is Cc1ncsc1CCl.O=S(=O)(O)CCS(=O)(=O)O. The molecule has 2 N–H and O–H groups in total. The third-order valence-electron chi connectivity index (χ3n) is 1.57. The molecule has 0 radical (unpaired) electrons. The van der Waals surface area contributed by atoms with Gasteiger partial charge in [-0.15, -0.1) is 22.9 Å². The number of nitrogens with zero attached hydrogens (tertiary/aromatic N) is 1. The van der Waals surface area contributed by atoms with Crippen molar-refractivity contribution in [3.05, 3.63) is 16.1 Å². The molecule has 1 heterocycles. The number of hydrogen-bond donors (Lipinski definition) is 2. The second kappa shape index (κ2) is 7.36. The number of halogens is 1. The van der Waals surface area contributed by atoms with Gasteiger partial charge in [-0.25, -0.2) is 4.98 Å². The van der Waals surface area contributed by atoms with Crippen molar-refractivity contribution < 1.29 is 25.9 Å². The van der Waals surface area contributed by atoms with E-state index in [4.69, 9.17) is 20.7 Å². The van der Waals surface area contributed by atoms with Crippen molar-refractivity contribution in [2.75, 3.05) is 11.5 Å². The number of alkyl halides is 1. The van der Waals surface area contributed by atoms with Crippen LogP contribution in [0.5, 0.6) is 0 Å². The maximum Gasteiger partial charge on any atom is 0.265 e. The lowest BCUT2D eigenvalue weighted by molar-refractivity contribution is 0.472. The minimum atomic E-state index is -4.30. The first-order chi connectivity index (χ1) is 8.05. The van der Waals surface area contributed by atoms with Gasteiger partial charge in [0.1, 0.15) is 0 Å². The lowest BCUT2D eigenvalue weighted by Gasteiger charge is -1.92. The monoisotopic (exact) mass is 337 g/mol. The molecule has 0 unspecified atom stereocenters. The van der Waals surface area contributed by atoms with Gasteiger partial charge in [0.25, 0.3) is 20.2 Å². The zero-order chi connectivity index (χ0) is 14.4. The zero-order valence-corrected chi connectivity index (χ0v) is 12.5. The van der Waals surface area contributed by atoms with Crippen LogP contribution in [0, 0.1) is 6.92 Å². The molecule has 0 bridgehead atoms. The minimum absolute atomic E-state index is 0.594. The normalized spacial score (nSPS) is 11.8. The number of rotatable bonds is 4. The van der Waals surface area contributed by atoms with Crippen LogP contribution in [0.15, 0.2) is 5.51 Å². The number of hydrogen-bond acceptors (Lipinski definition) is 6. The molecule has 0 amide bonds. The third kappa shape index (κ3) is 9.74. The van der Waals surface area contributed by atoms with Crippen molar-refractivity contribution in [3.63, 3.8) is 0 Å². The first-order valence-electron chi connectivity index (χ1n) is 4.40. The molecule has 0 aliphatic rings. The summed E-state index contributed by atoms with van der Waals surface area (Å²) in [4.78, 5) is 5.19. The van der Waals surface area contributed by atoms with Crippen molar-refractivity contribution in [2.24, 2.45) is 0 Å². The standard InChI is InChI=1S/C5H6ClNS.C2H6O6S2/c1-4-5(2-6)8-3-7-4;3-9(4,5)1-2-10(6,7)8/h3H,2H2,1H3;1-2H2,(H,3,4,5)(H,6,7,8). The number of aryl methyl sites for hydroxylation is 1. The average Bonchev–Trinajstić information content (AvgIpc) is 2.60. The fourth-order valence-electron chi connectivity index (χ4n) is 0.665. The fourth-order valence-corrected chi connectivity index (χ4v) is 3.36. The summed E-state index contributed by atoms with van der Waals surface area (Å²) in [7, 11) is -8.59. The van der Waals surface area contributed by atoms with Crippen molar-refractivity contribution >= 4 is 43.2 Å². The van der Waals surface area contributed by atoms with E-state index < -0.39 is 31.7 Å². The van der Waals surface area contributed by atoms with Crippen molar-refractivity contribution in [2.45, 2.75) is 12.8 Å². The molecular formula is C7H12ClNO6S3. The lowest BCUT2D eigenvalue weighted by Crippen LogP contribution is -2.15. The summed E-state index contributed by atoms with van der Waals surface area (Å²) >= 11 is 7.15. The van der Waals surface area contributed by atoms with Gasteiger partial charge < -0.3 is 0 Å². The Hall–Kier alpha value is -0.260. The molecule has 1 aromatic rings. The van der Waals surface area contributed by atoms with Gasteiger partial charge in [-0.2, -0.15) is 16.8 Å². The van der Waals surface area contributed by atoms with E-state index in [1.807, 2.05) is 12.4 Å². The summed E-state index contributed by atoms with van der Waals surface area (Å²) in [6, 6.07) is 0. The van der Waals surface area contributed by atoms with Crippen LogP contribution in [0.25, 0.3) is 0 Å². The summed E-state index contributed by atoms with van der Waals surface area (Å²) in [5.41, 5.74) is 2.87. The Balaban J connectivity index is 0.000000327. The molecule has 0 saturated carbocycles. The van der Waals surface area contributed by atoms with Gasteiger partial charge in [0, 0.05) is 4.88 Å². The molecule has 11 heteroatoms. The molecule has 7 nitrogen and oxygen atoms in total. The summed E-state index contributed by atoms with van der Waals surface area (Å²) < 4.78 is 55.4. The molecule has 0 aliphatic heterocycles. The summed E-state index contributed by atoms with van der Waals surface area (Å²) in [5.74, 6) is -1.37. The molecule has 0 aromatic carbocycles. The smallest absolute Gasteiger partial charge is 0.265 e. The van der Waals surface area contributed by atoms with Gasteiger partial charge >= 0.3 is 0 Å². The summed E-state index contributed by atoms with van der Waals surface area (Å²) in [6.45, 7) is 1.97. The van der Waals surface area contributed by atoms with Gasteiger partial charge in [0.15, 0.2) is 0 Å². The van der Waals surface area contributed by atoms with E-state index >= 15 is 0 Å². The molecular weight excluding hydrogens is 326 g/mol. The van der Waals surface area contributed by atoms with E-state index in [2.05, 4.69) is 4.98 Å². The van der Waals surface area contributed by atoms with Gasteiger partial charge in [-0.3, -0.25) is 9.11 Å². The molecule has 18 heavy (non-hydrogen) atoms. The molecule has 106 valence electrons. The molecule has 0 aliphatic carbocycles. The fraction of sp³-hybridized carbons (Fsp3) is 0.571. The predicted molar refractivity (Wildman–Crippen MR) is 69.2 cm³/mol. The minimum Gasteiger partial charge on any atom is -0.286 e. The lowest BCUT2D eigenvalue weighted by atomic mass is 10.4. The van der Waals surface area contributed by atoms with Crippen LogP contribution in [0.3, 0.4) is 0 Å². The van der Waals surface area contributed by atoms with Crippen molar-refractivity contribution in [1.29, 1.82) is 0 Å². The van der Waals surface area contributed by atoms with Gasteiger partial charge in [0.2, 0.25) is 0 Å². The molecule has 0 saturated heterocycles. The van der Waals surface area contributed by atoms with E-state index in [1.165, 1.54) is 4.88 Å². The van der Waals surface area contributed by atoms with Crippen molar-refractivity contribution in [3.8, 4) is 0 Å². The zero-order valence-electron chi connectivity index (χ0n) is 9.28. The highest BCUT2D eigenvalue weighted by molar-refractivity contribution is 7.89. The van der Waals surface area contributed by atoms with E-state index in [0.29, 0.717) is 5.88 Å². The summed E-state index contributed by atoms with van der Waals surface area (Å²) in [5, 5.41) is 0. The number of aromatic nitrogens is 1. The van der Waals surface area contributed by atoms with E-state index in [9.17, 15) is 16.8 Å². The Kier molecular flexibility index (Phi) is 7.25. The third-order valence-corrected chi connectivity index (χ3v) is 4.62. The molecule has 1 rings (SSSR count). The second-order valence-corrected chi connectivity index (χ2v) is 7.42. The Bertz CT molecular complexity index is 532. The van der Waals surface area contributed by atoms with Crippen LogP contribution in [0.2, 0.25) is 0 Å². The second-order valence-electron chi connectivity index (χ2n) is 3.07. The van der Waals surface area contributed by atoms with Gasteiger partial charge in [0.05, 0.1) is 28.6 Å². The van der Waals surface area contributed by atoms with Crippen LogP contribution in [-0.2, 0) is 26.1 Å². The van der Waals surface area contributed by atoms with Crippen LogP contribution in [-0.4, -0.2) is 42.4 Å². The van der Waals surface area contributed by atoms with Gasteiger partial charge in [-0.1, -0.05) is 0 Å². The Labute approximate surface area is 114 Å². The van der Waals surface area contributed by atoms with E-state index in [1.54, 1.807) is 11.3 Å². The molecule has 1 aromatic heterocycles. The average molecular weight is 338 g/mol. The quantitative estimate of drug-likeness (QED) is 0.619. The molecule has 0 atom stereocenters. The predicted octanol–water partition coefficient (Wildman–Crippen LogP) is 0.952. The Morgan fingerprint density at radius 3 is 1.83 bits per heavy atom. The maximum atomic E-state index is 9.86. The topological polar surface area (TPSA) is 122 Å². The Morgan fingerprint density at radius 1 is 1.22 bits per heavy atom. The highest BCUT2D eigenvalue weighted by Gasteiger charge is 2.11. The summed E-state index contributed by atoms with van der Waals surface area (Å²) in [6.07, 6.45) is 0.